The van der Waals surface area contributed by atoms with Crippen molar-refractivity contribution in [3.05, 3.63) is 0 Å². The number of unbranched alkanes of at least 4 members (excludes halogenated alkanes) is 1. The fourth-order valence-electron chi connectivity index (χ4n) is 1.35. The second-order valence-electron chi connectivity index (χ2n) is 3.98. The number of carbonyl (C=O) groups is 1. The topological polar surface area (TPSA) is 65.0 Å². The predicted octanol–water partition coefficient (Wildman–Crippen LogP) is 2.09. The van der Waals surface area contributed by atoms with Gasteiger partial charge in [0.05, 0.1) is 0 Å². The maximum atomic E-state index is 10.2. The van der Waals surface area contributed by atoms with Crippen molar-refractivity contribution >= 4 is 5.97 Å². The third kappa shape index (κ3) is 15.4. The quantitative estimate of drug-likeness (QED) is 0.486. The molecule has 0 aliphatic heterocycles. The summed E-state index contributed by atoms with van der Waals surface area (Å²) in [5.41, 5.74) is 0. The first-order valence-corrected chi connectivity index (χ1v) is 6.72. The molecule has 0 saturated heterocycles. The number of rotatable bonds is 14. The van der Waals surface area contributed by atoms with Crippen LogP contribution in [-0.2, 0) is 19.0 Å². The molecule has 0 aromatic heterocycles. The second-order valence-corrected chi connectivity index (χ2v) is 3.98. The van der Waals surface area contributed by atoms with Gasteiger partial charge in [-0.05, 0) is 32.6 Å². The van der Waals surface area contributed by atoms with E-state index in [-0.39, 0.29) is 6.42 Å². The summed E-state index contributed by atoms with van der Waals surface area (Å²) in [6.45, 7) is 6.26. The monoisotopic (exact) mass is 262 g/mol. The van der Waals surface area contributed by atoms with Gasteiger partial charge in [0.15, 0.2) is 0 Å². The van der Waals surface area contributed by atoms with Crippen LogP contribution in [0.5, 0.6) is 0 Å². The van der Waals surface area contributed by atoms with Crippen molar-refractivity contribution in [1.29, 1.82) is 0 Å². The molecule has 0 amide bonds. The highest BCUT2D eigenvalue weighted by Gasteiger charge is 1.96. The van der Waals surface area contributed by atoms with Crippen LogP contribution in [0.1, 0.15) is 39.0 Å². The molecule has 0 atom stereocenters. The van der Waals surface area contributed by atoms with E-state index >= 15 is 0 Å². The van der Waals surface area contributed by atoms with Gasteiger partial charge in [-0.15, -0.1) is 0 Å². The molecule has 5 nitrogen and oxygen atoms in total. The molecular weight excluding hydrogens is 236 g/mol. The van der Waals surface area contributed by atoms with Gasteiger partial charge in [-0.25, -0.2) is 0 Å². The molecule has 0 aliphatic carbocycles. The Labute approximate surface area is 109 Å². The standard InChI is InChI=1S/C13H26O5/c1-2-16-9-5-10-18-12-6-11-17-8-4-3-7-13(14)15/h2-12H2,1H3,(H,14,15). The second kappa shape index (κ2) is 14.4. The number of ether oxygens (including phenoxy) is 3. The summed E-state index contributed by atoms with van der Waals surface area (Å²) >= 11 is 0. The highest BCUT2D eigenvalue weighted by molar-refractivity contribution is 5.66. The van der Waals surface area contributed by atoms with E-state index in [1.165, 1.54) is 0 Å². The molecule has 0 saturated carbocycles. The molecule has 1 N–H and O–H groups in total. The lowest BCUT2D eigenvalue weighted by molar-refractivity contribution is -0.137. The first-order chi connectivity index (χ1) is 8.77. The minimum absolute atomic E-state index is 0.228. The van der Waals surface area contributed by atoms with Crippen LogP contribution in [0.3, 0.4) is 0 Å². The zero-order valence-electron chi connectivity index (χ0n) is 11.4. The Morgan fingerprint density at radius 1 is 0.833 bits per heavy atom. The fourth-order valence-corrected chi connectivity index (χ4v) is 1.35. The number of aliphatic carboxylic acids is 1. The van der Waals surface area contributed by atoms with Crippen LogP contribution in [0.2, 0.25) is 0 Å². The minimum atomic E-state index is -0.740. The Kier molecular flexibility index (Phi) is 13.9. The molecule has 0 aromatic rings. The van der Waals surface area contributed by atoms with Crippen molar-refractivity contribution in [2.45, 2.75) is 39.0 Å². The Morgan fingerprint density at radius 2 is 1.33 bits per heavy atom. The van der Waals surface area contributed by atoms with Gasteiger partial charge < -0.3 is 19.3 Å². The SMILES string of the molecule is CCOCCCOCCCOCCCCC(=O)O. The Hall–Kier alpha value is -0.650. The molecule has 0 aliphatic rings. The molecular formula is C13H26O5. The van der Waals surface area contributed by atoms with Gasteiger partial charge in [0.2, 0.25) is 0 Å². The lowest BCUT2D eigenvalue weighted by Gasteiger charge is -2.05. The Morgan fingerprint density at radius 3 is 1.83 bits per heavy atom. The molecule has 0 rings (SSSR count). The number of hydrogen-bond donors (Lipinski definition) is 1. The average Bonchev–Trinajstić information content (AvgIpc) is 2.34. The third-order valence-electron chi connectivity index (χ3n) is 2.29. The van der Waals surface area contributed by atoms with Crippen LogP contribution >= 0.6 is 0 Å². The first kappa shape index (κ1) is 17.4. The van der Waals surface area contributed by atoms with E-state index in [1.54, 1.807) is 0 Å². The summed E-state index contributed by atoms with van der Waals surface area (Å²) in [7, 11) is 0. The van der Waals surface area contributed by atoms with Crippen molar-refractivity contribution in [3.63, 3.8) is 0 Å². The van der Waals surface area contributed by atoms with Gasteiger partial charge in [0.25, 0.3) is 0 Å². The van der Waals surface area contributed by atoms with E-state index in [4.69, 9.17) is 19.3 Å². The van der Waals surface area contributed by atoms with Gasteiger partial charge in [0, 0.05) is 46.1 Å². The maximum absolute atomic E-state index is 10.2. The normalized spacial score (nSPS) is 10.7. The average molecular weight is 262 g/mol. The number of carboxylic acids is 1. The zero-order valence-corrected chi connectivity index (χ0v) is 11.4. The largest absolute Gasteiger partial charge is 0.481 e. The van der Waals surface area contributed by atoms with Crippen LogP contribution < -0.4 is 0 Å². The minimum Gasteiger partial charge on any atom is -0.481 e. The summed E-state index contributed by atoms with van der Waals surface area (Å²) in [4.78, 5) is 10.2. The van der Waals surface area contributed by atoms with Gasteiger partial charge >= 0.3 is 5.97 Å². The molecule has 0 heterocycles. The van der Waals surface area contributed by atoms with Crippen LogP contribution in [0.25, 0.3) is 0 Å². The molecule has 0 unspecified atom stereocenters. The molecule has 0 bridgehead atoms. The van der Waals surface area contributed by atoms with E-state index in [0.29, 0.717) is 26.2 Å². The van der Waals surface area contributed by atoms with Crippen LogP contribution in [0, 0.1) is 0 Å². The molecule has 108 valence electrons. The van der Waals surface area contributed by atoms with Gasteiger partial charge in [0.1, 0.15) is 0 Å². The number of hydrogen-bond acceptors (Lipinski definition) is 4. The summed E-state index contributed by atoms with van der Waals surface area (Å²) in [5, 5.41) is 8.42. The highest BCUT2D eigenvalue weighted by atomic mass is 16.5. The van der Waals surface area contributed by atoms with Gasteiger partial charge in [-0.1, -0.05) is 0 Å². The van der Waals surface area contributed by atoms with Gasteiger partial charge in [-0.2, -0.15) is 0 Å². The molecule has 18 heavy (non-hydrogen) atoms. The highest BCUT2D eigenvalue weighted by Crippen LogP contribution is 1.96. The van der Waals surface area contributed by atoms with Crippen LogP contribution in [-0.4, -0.2) is 50.7 Å². The van der Waals surface area contributed by atoms with Crippen LogP contribution in [0.4, 0.5) is 0 Å². The molecule has 0 spiro atoms. The van der Waals surface area contributed by atoms with Crippen molar-refractivity contribution in [2.24, 2.45) is 0 Å². The van der Waals surface area contributed by atoms with Crippen LogP contribution in [0.15, 0.2) is 0 Å². The lowest BCUT2D eigenvalue weighted by atomic mass is 10.2. The van der Waals surface area contributed by atoms with Crippen molar-refractivity contribution in [2.75, 3.05) is 39.6 Å². The van der Waals surface area contributed by atoms with E-state index in [9.17, 15) is 4.79 Å². The summed E-state index contributed by atoms with van der Waals surface area (Å²) in [5.74, 6) is -0.740. The fraction of sp³-hybridized carbons (Fsp3) is 0.923. The van der Waals surface area contributed by atoms with Crippen molar-refractivity contribution in [1.82, 2.24) is 0 Å². The molecule has 0 radical (unpaired) electrons. The predicted molar refractivity (Wildman–Crippen MR) is 68.9 cm³/mol. The van der Waals surface area contributed by atoms with E-state index < -0.39 is 5.97 Å². The summed E-state index contributed by atoms with van der Waals surface area (Å²) < 4.78 is 16.0. The summed E-state index contributed by atoms with van der Waals surface area (Å²) in [6.07, 6.45) is 3.54. The molecule has 0 aromatic carbocycles. The van der Waals surface area contributed by atoms with Gasteiger partial charge in [-0.3, -0.25) is 4.79 Å². The maximum Gasteiger partial charge on any atom is 0.303 e. The first-order valence-electron chi connectivity index (χ1n) is 6.72. The summed E-state index contributed by atoms with van der Waals surface area (Å²) in [6, 6.07) is 0. The third-order valence-corrected chi connectivity index (χ3v) is 2.29. The smallest absolute Gasteiger partial charge is 0.303 e. The molecule has 5 heteroatoms. The van der Waals surface area contributed by atoms with E-state index in [2.05, 4.69) is 0 Å². The van der Waals surface area contributed by atoms with Crippen molar-refractivity contribution < 1.29 is 24.1 Å². The lowest BCUT2D eigenvalue weighted by Crippen LogP contribution is -2.05. The number of carboxylic acid groups (broad SMARTS) is 1. The Bertz CT molecular complexity index is 184. The van der Waals surface area contributed by atoms with E-state index in [0.717, 1.165) is 39.1 Å². The van der Waals surface area contributed by atoms with E-state index in [1.807, 2.05) is 6.92 Å². The zero-order chi connectivity index (χ0) is 13.5. The Balaban J connectivity index is 2.92. The molecule has 0 fully saturated rings. The van der Waals surface area contributed by atoms with Crippen molar-refractivity contribution in [3.8, 4) is 0 Å².